The molecule has 0 aromatic carbocycles. The molecule has 5 nitrogen and oxygen atoms in total. The van der Waals surface area contributed by atoms with Crippen LogP contribution in [0.5, 0.6) is 5.75 Å². The van der Waals surface area contributed by atoms with Crippen LogP contribution in [0.15, 0.2) is 29.1 Å². The van der Waals surface area contributed by atoms with Crippen molar-refractivity contribution in [2.45, 2.75) is 26.6 Å². The quantitative estimate of drug-likeness (QED) is 0.829. The Morgan fingerprint density at radius 2 is 2.41 bits per heavy atom. The smallest absolute Gasteiger partial charge is 0.157 e. The van der Waals surface area contributed by atoms with E-state index in [9.17, 15) is 0 Å². The summed E-state index contributed by atoms with van der Waals surface area (Å²) in [6.45, 7) is 4.09. The molecule has 0 saturated heterocycles. The van der Waals surface area contributed by atoms with Crippen molar-refractivity contribution in [3.05, 3.63) is 36.0 Å². The Balaban J connectivity index is 1.94. The predicted molar refractivity (Wildman–Crippen MR) is 63.7 cm³/mol. The molecule has 0 aliphatic heterocycles. The average Bonchev–Trinajstić information content (AvgIpc) is 2.95. The summed E-state index contributed by atoms with van der Waals surface area (Å²) < 4.78 is 12.8. The molecule has 0 saturated carbocycles. The van der Waals surface area contributed by atoms with E-state index in [4.69, 9.17) is 9.15 Å². The maximum Gasteiger partial charge on any atom is 0.157 e. The van der Waals surface area contributed by atoms with Crippen molar-refractivity contribution in [2.24, 2.45) is 0 Å². The predicted octanol–water partition coefficient (Wildman–Crippen LogP) is 1.79. The minimum absolute atomic E-state index is 0.430. The monoisotopic (exact) mass is 235 g/mol. The molecule has 0 fully saturated rings. The Morgan fingerprint density at radius 3 is 3.12 bits per heavy atom. The van der Waals surface area contributed by atoms with Crippen LogP contribution in [0.3, 0.4) is 0 Å². The number of aryl methyl sites for hydroxylation is 1. The van der Waals surface area contributed by atoms with Gasteiger partial charge in [0.15, 0.2) is 5.75 Å². The highest BCUT2D eigenvalue weighted by atomic mass is 16.5. The van der Waals surface area contributed by atoms with E-state index < -0.39 is 0 Å². The SMILES string of the molecule is CCn1cc(OCc2occc2CNC)cn1. The molecule has 2 heterocycles. The van der Waals surface area contributed by atoms with Crippen LogP contribution < -0.4 is 10.1 Å². The maximum atomic E-state index is 5.62. The van der Waals surface area contributed by atoms with Gasteiger partial charge < -0.3 is 14.5 Å². The van der Waals surface area contributed by atoms with E-state index in [0.29, 0.717) is 6.61 Å². The van der Waals surface area contributed by atoms with Gasteiger partial charge in [0.05, 0.1) is 18.7 Å². The van der Waals surface area contributed by atoms with E-state index in [0.717, 1.165) is 30.2 Å². The summed E-state index contributed by atoms with van der Waals surface area (Å²) in [5.41, 5.74) is 1.12. The number of hydrogen-bond acceptors (Lipinski definition) is 4. The van der Waals surface area contributed by atoms with Gasteiger partial charge in [-0.1, -0.05) is 0 Å². The normalized spacial score (nSPS) is 10.7. The summed E-state index contributed by atoms with van der Waals surface area (Å²) >= 11 is 0. The molecule has 0 amide bonds. The van der Waals surface area contributed by atoms with Crippen LogP contribution in [-0.4, -0.2) is 16.8 Å². The Hall–Kier alpha value is -1.75. The van der Waals surface area contributed by atoms with Crippen LogP contribution in [0.2, 0.25) is 0 Å². The number of aromatic nitrogens is 2. The van der Waals surface area contributed by atoms with Crippen molar-refractivity contribution < 1.29 is 9.15 Å². The molecule has 2 rings (SSSR count). The van der Waals surface area contributed by atoms with E-state index >= 15 is 0 Å². The molecule has 0 radical (unpaired) electrons. The maximum absolute atomic E-state index is 5.62. The number of nitrogens with one attached hydrogen (secondary N) is 1. The van der Waals surface area contributed by atoms with Gasteiger partial charge in [-0.15, -0.1) is 0 Å². The molecule has 0 spiro atoms. The van der Waals surface area contributed by atoms with E-state index in [1.807, 2.05) is 30.9 Å². The molecule has 0 bridgehead atoms. The zero-order valence-corrected chi connectivity index (χ0v) is 10.1. The first-order valence-corrected chi connectivity index (χ1v) is 5.68. The lowest BCUT2D eigenvalue weighted by molar-refractivity contribution is 0.268. The summed E-state index contributed by atoms with van der Waals surface area (Å²) in [6, 6.07) is 1.95. The summed E-state index contributed by atoms with van der Waals surface area (Å²) in [5.74, 6) is 1.61. The largest absolute Gasteiger partial charge is 0.482 e. The molecule has 17 heavy (non-hydrogen) atoms. The van der Waals surface area contributed by atoms with Gasteiger partial charge >= 0.3 is 0 Å². The molecule has 0 unspecified atom stereocenters. The van der Waals surface area contributed by atoms with Gasteiger partial charge in [-0.2, -0.15) is 5.10 Å². The summed E-state index contributed by atoms with van der Waals surface area (Å²) in [4.78, 5) is 0. The van der Waals surface area contributed by atoms with E-state index in [-0.39, 0.29) is 0 Å². The number of furan rings is 1. The first-order chi connectivity index (χ1) is 8.33. The van der Waals surface area contributed by atoms with Crippen molar-refractivity contribution in [1.82, 2.24) is 15.1 Å². The van der Waals surface area contributed by atoms with E-state index in [1.165, 1.54) is 0 Å². The van der Waals surface area contributed by atoms with Gasteiger partial charge in [0.1, 0.15) is 12.4 Å². The molecule has 5 heteroatoms. The van der Waals surface area contributed by atoms with Gasteiger partial charge in [-0.05, 0) is 20.0 Å². The van der Waals surface area contributed by atoms with Crippen molar-refractivity contribution in [3.8, 4) is 5.75 Å². The number of nitrogens with zero attached hydrogens (tertiary/aromatic N) is 2. The second-order valence-electron chi connectivity index (χ2n) is 3.72. The minimum atomic E-state index is 0.430. The van der Waals surface area contributed by atoms with Crippen LogP contribution in [0.4, 0.5) is 0 Å². The minimum Gasteiger partial charge on any atom is -0.482 e. The zero-order valence-electron chi connectivity index (χ0n) is 10.1. The average molecular weight is 235 g/mol. The van der Waals surface area contributed by atoms with Crippen molar-refractivity contribution in [1.29, 1.82) is 0 Å². The molecular formula is C12H17N3O2. The number of ether oxygens (including phenoxy) is 1. The molecule has 1 N–H and O–H groups in total. The fourth-order valence-electron chi connectivity index (χ4n) is 1.58. The molecule has 2 aromatic rings. The Bertz CT molecular complexity index is 462. The van der Waals surface area contributed by atoms with Gasteiger partial charge in [-0.3, -0.25) is 4.68 Å². The number of rotatable bonds is 6. The fourth-order valence-corrected chi connectivity index (χ4v) is 1.58. The molecule has 0 aliphatic rings. The van der Waals surface area contributed by atoms with E-state index in [1.54, 1.807) is 12.5 Å². The Labute approximate surface area is 100 Å². The molecule has 2 aromatic heterocycles. The third-order valence-corrected chi connectivity index (χ3v) is 2.51. The second kappa shape index (κ2) is 5.54. The third-order valence-electron chi connectivity index (χ3n) is 2.51. The summed E-state index contributed by atoms with van der Waals surface area (Å²) in [5, 5.41) is 7.23. The van der Waals surface area contributed by atoms with Gasteiger partial charge in [0.2, 0.25) is 0 Å². The van der Waals surface area contributed by atoms with Gasteiger partial charge in [0.25, 0.3) is 0 Å². The number of hydrogen-bond donors (Lipinski definition) is 1. The third kappa shape index (κ3) is 2.88. The lowest BCUT2D eigenvalue weighted by Crippen LogP contribution is -2.07. The molecule has 0 atom stereocenters. The lowest BCUT2D eigenvalue weighted by Gasteiger charge is -2.03. The topological polar surface area (TPSA) is 52.2 Å². The summed E-state index contributed by atoms with van der Waals surface area (Å²) in [7, 11) is 1.91. The van der Waals surface area contributed by atoms with Crippen LogP contribution in [-0.2, 0) is 19.7 Å². The van der Waals surface area contributed by atoms with Crippen LogP contribution >= 0.6 is 0 Å². The van der Waals surface area contributed by atoms with Crippen LogP contribution in [0, 0.1) is 0 Å². The molecule has 0 aliphatic carbocycles. The fraction of sp³-hybridized carbons (Fsp3) is 0.417. The Kier molecular flexibility index (Phi) is 3.82. The second-order valence-corrected chi connectivity index (χ2v) is 3.72. The zero-order chi connectivity index (χ0) is 12.1. The van der Waals surface area contributed by atoms with Crippen molar-refractivity contribution >= 4 is 0 Å². The molecule has 92 valence electrons. The van der Waals surface area contributed by atoms with Crippen LogP contribution in [0.25, 0.3) is 0 Å². The highest BCUT2D eigenvalue weighted by Gasteiger charge is 2.07. The van der Waals surface area contributed by atoms with Crippen molar-refractivity contribution in [2.75, 3.05) is 7.05 Å². The lowest BCUT2D eigenvalue weighted by atomic mass is 10.2. The van der Waals surface area contributed by atoms with Gasteiger partial charge in [0, 0.05) is 18.7 Å². The van der Waals surface area contributed by atoms with Crippen molar-refractivity contribution in [3.63, 3.8) is 0 Å². The first kappa shape index (κ1) is 11.7. The first-order valence-electron chi connectivity index (χ1n) is 5.68. The Morgan fingerprint density at radius 1 is 1.53 bits per heavy atom. The highest BCUT2D eigenvalue weighted by Crippen LogP contribution is 2.15. The van der Waals surface area contributed by atoms with Crippen LogP contribution in [0.1, 0.15) is 18.2 Å². The summed E-state index contributed by atoms with van der Waals surface area (Å²) in [6.07, 6.45) is 5.27. The molecular weight excluding hydrogens is 218 g/mol. The van der Waals surface area contributed by atoms with E-state index in [2.05, 4.69) is 10.4 Å². The van der Waals surface area contributed by atoms with Gasteiger partial charge in [-0.25, -0.2) is 0 Å². The standard InChI is InChI=1S/C12H17N3O2/c1-3-15-8-11(7-14-15)17-9-12-10(6-13-2)4-5-16-12/h4-5,7-8,13H,3,6,9H2,1-2H3. The highest BCUT2D eigenvalue weighted by molar-refractivity contribution is 5.18.